The quantitative estimate of drug-likeness (QED) is 0.399. The van der Waals surface area contributed by atoms with Crippen LogP contribution in [0.1, 0.15) is 5.76 Å². The number of oxazole rings is 1. The second-order valence-corrected chi connectivity index (χ2v) is 7.17. The lowest BCUT2D eigenvalue weighted by molar-refractivity contribution is 0.415. The number of aromatic nitrogens is 4. The lowest BCUT2D eigenvalue weighted by Crippen LogP contribution is -2.03. The smallest absolute Gasteiger partial charge is 0.264 e. The second-order valence-electron chi connectivity index (χ2n) is 6.25. The normalized spacial score (nSPS) is 11.2. The zero-order valence-electron chi connectivity index (χ0n) is 15.5. The van der Waals surface area contributed by atoms with Crippen molar-refractivity contribution in [2.75, 3.05) is 7.11 Å². The first-order chi connectivity index (χ1) is 14.3. The van der Waals surface area contributed by atoms with E-state index in [2.05, 4.69) is 15.2 Å². The van der Waals surface area contributed by atoms with Crippen LogP contribution in [0.3, 0.4) is 0 Å². The number of rotatable bonds is 6. The van der Waals surface area contributed by atoms with Gasteiger partial charge in [0.2, 0.25) is 5.16 Å². The average molecular weight is 404 g/mol. The predicted octanol–water partition coefficient (Wildman–Crippen LogP) is 4.89. The number of methoxy groups -OCH3 is 1. The first kappa shape index (κ1) is 17.6. The maximum atomic E-state index is 5.84. The molecule has 0 aliphatic rings. The number of hydrogen-bond donors (Lipinski definition) is 0. The largest absolute Gasteiger partial charge is 0.497 e. The van der Waals surface area contributed by atoms with Crippen LogP contribution < -0.4 is 4.74 Å². The Hall–Kier alpha value is -3.52. The third kappa shape index (κ3) is 3.50. The molecule has 0 N–H and O–H groups in total. The van der Waals surface area contributed by atoms with E-state index in [1.165, 1.54) is 11.8 Å². The highest BCUT2D eigenvalue weighted by atomic mass is 32.2. The first-order valence-electron chi connectivity index (χ1n) is 8.93. The highest BCUT2D eigenvalue weighted by Crippen LogP contribution is 2.32. The van der Waals surface area contributed by atoms with Crippen molar-refractivity contribution in [1.29, 1.82) is 0 Å². The molecule has 0 aliphatic carbocycles. The number of fused-ring (bicyclic) bond motifs is 1. The highest BCUT2D eigenvalue weighted by Gasteiger charge is 2.19. The summed E-state index contributed by atoms with van der Waals surface area (Å²) >= 11 is 1.33. The molecule has 0 fully saturated rings. The fourth-order valence-corrected chi connectivity index (χ4v) is 3.79. The molecule has 0 aliphatic heterocycles. The van der Waals surface area contributed by atoms with Gasteiger partial charge in [0, 0.05) is 17.3 Å². The number of para-hydroxylation sites is 2. The molecule has 5 aromatic rings. The topological polar surface area (TPSA) is 79.1 Å². The maximum Gasteiger partial charge on any atom is 0.264 e. The molecule has 8 heteroatoms. The van der Waals surface area contributed by atoms with Crippen LogP contribution in [0.25, 0.3) is 22.5 Å². The minimum absolute atomic E-state index is 0.481. The number of furan rings is 1. The van der Waals surface area contributed by atoms with Crippen molar-refractivity contribution in [3.05, 3.63) is 72.7 Å². The van der Waals surface area contributed by atoms with Crippen molar-refractivity contribution in [1.82, 2.24) is 19.7 Å². The van der Waals surface area contributed by atoms with E-state index >= 15 is 0 Å². The molecule has 3 aromatic heterocycles. The molecule has 0 bridgehead atoms. The summed E-state index contributed by atoms with van der Waals surface area (Å²) in [5.41, 5.74) is 2.44. The molecule has 7 nitrogen and oxygen atoms in total. The molecule has 0 spiro atoms. The Morgan fingerprint density at radius 1 is 1.03 bits per heavy atom. The number of hydrogen-bond acceptors (Lipinski definition) is 7. The van der Waals surface area contributed by atoms with Gasteiger partial charge in [0.25, 0.3) is 5.22 Å². The van der Waals surface area contributed by atoms with Crippen LogP contribution in [0, 0.1) is 0 Å². The van der Waals surface area contributed by atoms with Crippen LogP contribution in [0.2, 0.25) is 0 Å². The van der Waals surface area contributed by atoms with Gasteiger partial charge in [0.15, 0.2) is 11.4 Å². The van der Waals surface area contributed by atoms with Gasteiger partial charge in [0.05, 0.1) is 19.9 Å². The Balaban J connectivity index is 1.56. The van der Waals surface area contributed by atoms with Gasteiger partial charge in [-0.2, -0.15) is 0 Å². The van der Waals surface area contributed by atoms with Gasteiger partial charge < -0.3 is 13.6 Å². The monoisotopic (exact) mass is 404 g/mol. The second kappa shape index (κ2) is 7.48. The fourth-order valence-electron chi connectivity index (χ4n) is 3.01. The summed E-state index contributed by atoms with van der Waals surface area (Å²) in [6.07, 6.45) is 1.65. The third-order valence-corrected chi connectivity index (χ3v) is 5.23. The number of ether oxygens (including phenoxy) is 1. The molecule has 29 heavy (non-hydrogen) atoms. The zero-order valence-corrected chi connectivity index (χ0v) is 16.3. The standard InChI is InChI=1S/C21H16N4O3S/c1-26-15-7-4-6-14(12-15)19-23-24-20(25(19)13-16-8-5-11-27-16)29-21-22-17-9-2-3-10-18(17)28-21/h2-12H,13H2,1H3. The van der Waals surface area contributed by atoms with Crippen LogP contribution in [0.5, 0.6) is 5.75 Å². The van der Waals surface area contributed by atoms with Crippen molar-refractivity contribution in [2.24, 2.45) is 0 Å². The molecule has 144 valence electrons. The van der Waals surface area contributed by atoms with E-state index in [0.29, 0.717) is 22.7 Å². The van der Waals surface area contributed by atoms with E-state index in [4.69, 9.17) is 13.6 Å². The van der Waals surface area contributed by atoms with Gasteiger partial charge in [-0.15, -0.1) is 10.2 Å². The Morgan fingerprint density at radius 2 is 1.97 bits per heavy atom. The van der Waals surface area contributed by atoms with Gasteiger partial charge in [-0.1, -0.05) is 24.3 Å². The van der Waals surface area contributed by atoms with Crippen LogP contribution >= 0.6 is 11.8 Å². The summed E-state index contributed by atoms with van der Waals surface area (Å²) < 4.78 is 18.7. The molecular weight excluding hydrogens is 388 g/mol. The minimum atomic E-state index is 0.481. The number of nitrogens with zero attached hydrogens (tertiary/aromatic N) is 4. The van der Waals surface area contributed by atoms with E-state index in [-0.39, 0.29) is 0 Å². The van der Waals surface area contributed by atoms with Crippen molar-refractivity contribution >= 4 is 22.9 Å². The summed E-state index contributed by atoms with van der Waals surface area (Å²) in [4.78, 5) is 4.53. The minimum Gasteiger partial charge on any atom is -0.497 e. The molecule has 5 rings (SSSR count). The Bertz CT molecular complexity index is 1230. The molecule has 0 unspecified atom stereocenters. The molecule has 0 atom stereocenters. The molecule has 0 radical (unpaired) electrons. The third-order valence-electron chi connectivity index (χ3n) is 4.39. The Labute approximate surface area is 170 Å². The highest BCUT2D eigenvalue weighted by molar-refractivity contribution is 7.99. The van der Waals surface area contributed by atoms with Crippen LogP contribution in [-0.4, -0.2) is 26.9 Å². The lowest BCUT2D eigenvalue weighted by Gasteiger charge is -2.09. The Kier molecular flexibility index (Phi) is 4.53. The molecule has 0 saturated heterocycles. The molecule has 0 saturated carbocycles. The van der Waals surface area contributed by atoms with E-state index in [9.17, 15) is 0 Å². The average Bonchev–Trinajstić information content (AvgIpc) is 3.49. The lowest BCUT2D eigenvalue weighted by atomic mass is 10.2. The molecule has 0 amide bonds. The van der Waals surface area contributed by atoms with Gasteiger partial charge in [0.1, 0.15) is 17.0 Å². The summed E-state index contributed by atoms with van der Waals surface area (Å²) in [7, 11) is 1.64. The van der Waals surface area contributed by atoms with Gasteiger partial charge in [-0.25, -0.2) is 4.98 Å². The van der Waals surface area contributed by atoms with Crippen LogP contribution in [0.4, 0.5) is 0 Å². The van der Waals surface area contributed by atoms with E-state index in [1.54, 1.807) is 13.4 Å². The van der Waals surface area contributed by atoms with Crippen LogP contribution in [0.15, 0.2) is 86.1 Å². The van der Waals surface area contributed by atoms with E-state index in [1.807, 2.05) is 65.2 Å². The van der Waals surface area contributed by atoms with Crippen molar-refractivity contribution in [3.63, 3.8) is 0 Å². The maximum absolute atomic E-state index is 5.84. The van der Waals surface area contributed by atoms with Gasteiger partial charge in [-0.3, -0.25) is 4.57 Å². The summed E-state index contributed by atoms with van der Waals surface area (Å²) in [5, 5.41) is 9.97. The summed E-state index contributed by atoms with van der Waals surface area (Å²) in [6, 6.07) is 19.2. The SMILES string of the molecule is COc1cccc(-c2nnc(Sc3nc4ccccc4o3)n2Cc2ccco2)c1. The predicted molar refractivity (Wildman–Crippen MR) is 108 cm³/mol. The van der Waals surface area contributed by atoms with Gasteiger partial charge >= 0.3 is 0 Å². The zero-order chi connectivity index (χ0) is 19.6. The summed E-state index contributed by atoms with van der Waals surface area (Å²) in [5.74, 6) is 2.26. The van der Waals surface area contributed by atoms with Crippen molar-refractivity contribution in [3.8, 4) is 17.1 Å². The van der Waals surface area contributed by atoms with Crippen molar-refractivity contribution in [2.45, 2.75) is 16.9 Å². The van der Waals surface area contributed by atoms with E-state index < -0.39 is 0 Å². The molecule has 3 heterocycles. The summed E-state index contributed by atoms with van der Waals surface area (Å²) in [6.45, 7) is 0.481. The van der Waals surface area contributed by atoms with Crippen molar-refractivity contribution < 1.29 is 13.6 Å². The molecule has 2 aromatic carbocycles. The molecular formula is C21H16N4O3S. The number of benzene rings is 2. The Morgan fingerprint density at radius 3 is 2.79 bits per heavy atom. The fraction of sp³-hybridized carbons (Fsp3) is 0.0952. The first-order valence-corrected chi connectivity index (χ1v) is 9.75. The van der Waals surface area contributed by atoms with Crippen LogP contribution in [-0.2, 0) is 6.54 Å². The van der Waals surface area contributed by atoms with Gasteiger partial charge in [-0.05, 0) is 36.4 Å². The van der Waals surface area contributed by atoms with E-state index in [0.717, 1.165) is 28.2 Å².